The Balaban J connectivity index is 1.73. The Kier molecular flexibility index (Phi) is 8.19. The lowest BCUT2D eigenvalue weighted by molar-refractivity contribution is 0.0693. The van der Waals surface area contributed by atoms with E-state index in [1.54, 1.807) is 18.2 Å². The van der Waals surface area contributed by atoms with Crippen molar-refractivity contribution in [3.8, 4) is 0 Å². The summed E-state index contributed by atoms with van der Waals surface area (Å²) >= 11 is 1.46. The predicted molar refractivity (Wildman–Crippen MR) is 127 cm³/mol. The minimum Gasteiger partial charge on any atom is -0.339 e. The van der Waals surface area contributed by atoms with Gasteiger partial charge in [-0.3, -0.25) is 4.79 Å². The van der Waals surface area contributed by atoms with Gasteiger partial charge in [-0.25, -0.2) is 13.1 Å². The van der Waals surface area contributed by atoms with Gasteiger partial charge in [-0.05, 0) is 68.5 Å². The molecule has 5 nitrogen and oxygen atoms in total. The van der Waals surface area contributed by atoms with Gasteiger partial charge in [0.1, 0.15) is 0 Å². The molecule has 1 N–H and O–H groups in total. The van der Waals surface area contributed by atoms with E-state index in [-0.39, 0.29) is 16.8 Å². The summed E-state index contributed by atoms with van der Waals surface area (Å²) in [6, 6.07) is 14.7. The highest BCUT2D eigenvalue weighted by molar-refractivity contribution is 7.98. The largest absolute Gasteiger partial charge is 0.339 e. The first-order valence-corrected chi connectivity index (χ1v) is 13.5. The van der Waals surface area contributed by atoms with Crippen LogP contribution in [0.25, 0.3) is 0 Å². The Morgan fingerprint density at radius 2 is 1.84 bits per heavy atom. The maximum absolute atomic E-state index is 13.1. The minimum atomic E-state index is -3.71. The third-order valence-corrected chi connectivity index (χ3v) is 8.23. The van der Waals surface area contributed by atoms with Crippen molar-refractivity contribution in [1.82, 2.24) is 9.62 Å². The normalized spacial score (nSPS) is 16.3. The van der Waals surface area contributed by atoms with Crippen LogP contribution in [0, 0.1) is 5.92 Å². The Morgan fingerprint density at radius 1 is 1.16 bits per heavy atom. The van der Waals surface area contributed by atoms with Crippen molar-refractivity contribution in [2.75, 3.05) is 19.3 Å². The number of aryl methyl sites for hydroxylation is 1. The van der Waals surface area contributed by atoms with Crippen molar-refractivity contribution in [2.24, 2.45) is 5.92 Å². The van der Waals surface area contributed by atoms with Crippen LogP contribution in [0.4, 0.5) is 0 Å². The Morgan fingerprint density at radius 3 is 2.48 bits per heavy atom. The van der Waals surface area contributed by atoms with Gasteiger partial charge in [0.2, 0.25) is 10.0 Å². The van der Waals surface area contributed by atoms with Crippen LogP contribution in [0.5, 0.6) is 0 Å². The number of likely N-dealkylation sites (tertiary alicyclic amines) is 1. The van der Waals surface area contributed by atoms with Gasteiger partial charge in [0.15, 0.2) is 0 Å². The molecule has 1 saturated heterocycles. The predicted octanol–water partition coefficient (Wildman–Crippen LogP) is 4.58. The molecule has 31 heavy (non-hydrogen) atoms. The highest BCUT2D eigenvalue weighted by Gasteiger charge is 2.26. The van der Waals surface area contributed by atoms with Crippen LogP contribution in [-0.4, -0.2) is 44.6 Å². The zero-order valence-electron chi connectivity index (χ0n) is 18.5. The number of carbonyl (C=O) groups is 1. The first-order valence-electron chi connectivity index (χ1n) is 10.8. The number of nitrogens with one attached hydrogen (secondary N) is 1. The molecule has 0 unspecified atom stereocenters. The third kappa shape index (κ3) is 6.34. The van der Waals surface area contributed by atoms with Crippen LogP contribution in [0.3, 0.4) is 0 Å². The fraction of sp³-hybridized carbons (Fsp3) is 0.458. The molecule has 0 spiro atoms. The van der Waals surface area contributed by atoms with Crippen LogP contribution in [-0.2, 0) is 16.4 Å². The molecule has 0 aliphatic carbocycles. The van der Waals surface area contributed by atoms with E-state index in [9.17, 15) is 13.2 Å². The molecule has 0 bridgehead atoms. The van der Waals surface area contributed by atoms with E-state index in [1.807, 2.05) is 48.4 Å². The topological polar surface area (TPSA) is 66.5 Å². The lowest BCUT2D eigenvalue weighted by Gasteiger charge is -2.31. The highest BCUT2D eigenvalue weighted by Crippen LogP contribution is 2.27. The molecule has 1 aliphatic rings. The molecule has 1 aliphatic heterocycles. The average molecular weight is 461 g/mol. The zero-order chi connectivity index (χ0) is 22.4. The molecule has 7 heteroatoms. The lowest BCUT2D eigenvalue weighted by Crippen LogP contribution is -2.38. The average Bonchev–Trinajstić information content (AvgIpc) is 2.77. The number of benzene rings is 2. The Hall–Kier alpha value is -1.83. The van der Waals surface area contributed by atoms with Crippen molar-refractivity contribution < 1.29 is 13.2 Å². The van der Waals surface area contributed by atoms with Gasteiger partial charge in [-0.15, -0.1) is 11.8 Å². The SMILES string of the molecule is CSc1ccc(S(=O)(=O)N[C@@H](C)CCc2ccccc2)cc1C(=O)N1CCC(C)CC1. The number of rotatable bonds is 8. The van der Waals surface area contributed by atoms with Gasteiger partial charge in [0.25, 0.3) is 5.91 Å². The number of hydrogen-bond donors (Lipinski definition) is 1. The fourth-order valence-electron chi connectivity index (χ4n) is 3.82. The van der Waals surface area contributed by atoms with Crippen molar-refractivity contribution in [3.63, 3.8) is 0 Å². The fourth-order valence-corrected chi connectivity index (χ4v) is 5.70. The van der Waals surface area contributed by atoms with Gasteiger partial charge in [0, 0.05) is 24.0 Å². The van der Waals surface area contributed by atoms with Crippen molar-refractivity contribution in [2.45, 2.75) is 55.4 Å². The van der Waals surface area contributed by atoms with Crippen molar-refractivity contribution in [1.29, 1.82) is 0 Å². The Bertz CT molecular complexity index is 985. The summed E-state index contributed by atoms with van der Waals surface area (Å²) in [5, 5.41) is 0. The zero-order valence-corrected chi connectivity index (χ0v) is 20.1. The number of carbonyl (C=O) groups excluding carboxylic acids is 1. The van der Waals surface area contributed by atoms with Crippen LogP contribution >= 0.6 is 11.8 Å². The summed E-state index contributed by atoms with van der Waals surface area (Å²) in [5.41, 5.74) is 1.66. The molecular weight excluding hydrogens is 428 g/mol. The van der Waals surface area contributed by atoms with Crippen LogP contribution < -0.4 is 4.72 Å². The second kappa shape index (κ2) is 10.7. The third-order valence-electron chi connectivity index (χ3n) is 5.85. The van der Waals surface area contributed by atoms with E-state index in [1.165, 1.54) is 17.3 Å². The maximum Gasteiger partial charge on any atom is 0.255 e. The van der Waals surface area contributed by atoms with Gasteiger partial charge < -0.3 is 4.90 Å². The van der Waals surface area contributed by atoms with Gasteiger partial charge in [-0.1, -0.05) is 37.3 Å². The van der Waals surface area contributed by atoms with Crippen molar-refractivity contribution >= 4 is 27.7 Å². The Labute approximate surface area is 190 Å². The molecule has 1 fully saturated rings. The summed E-state index contributed by atoms with van der Waals surface area (Å²) in [7, 11) is -3.71. The molecular formula is C24H32N2O3S2. The van der Waals surface area contributed by atoms with E-state index < -0.39 is 10.0 Å². The van der Waals surface area contributed by atoms with Crippen LogP contribution in [0.15, 0.2) is 58.3 Å². The van der Waals surface area contributed by atoms with Gasteiger partial charge >= 0.3 is 0 Å². The van der Waals surface area contributed by atoms with Crippen molar-refractivity contribution in [3.05, 3.63) is 59.7 Å². The number of piperidine rings is 1. The highest BCUT2D eigenvalue weighted by atomic mass is 32.2. The van der Waals surface area contributed by atoms with Crippen LogP contribution in [0.2, 0.25) is 0 Å². The number of hydrogen-bond acceptors (Lipinski definition) is 4. The molecule has 2 aromatic rings. The van der Waals surface area contributed by atoms with E-state index in [4.69, 9.17) is 0 Å². The maximum atomic E-state index is 13.1. The molecule has 1 amide bonds. The van der Waals surface area contributed by atoms with E-state index in [0.717, 1.165) is 37.2 Å². The number of amides is 1. The molecule has 1 heterocycles. The van der Waals surface area contributed by atoms with Gasteiger partial charge in [0.05, 0.1) is 10.5 Å². The molecule has 0 aromatic heterocycles. The molecule has 168 valence electrons. The lowest BCUT2D eigenvalue weighted by atomic mass is 9.98. The first kappa shape index (κ1) is 23.8. The molecule has 0 saturated carbocycles. The minimum absolute atomic E-state index is 0.0783. The molecule has 2 aromatic carbocycles. The summed E-state index contributed by atoms with van der Waals surface area (Å²) in [4.78, 5) is 15.9. The number of nitrogens with zero attached hydrogens (tertiary/aromatic N) is 1. The number of sulfonamides is 1. The molecule has 1 atom stereocenters. The first-order chi connectivity index (χ1) is 14.8. The van der Waals surface area contributed by atoms with Gasteiger partial charge in [-0.2, -0.15) is 0 Å². The smallest absolute Gasteiger partial charge is 0.255 e. The summed E-state index contributed by atoms with van der Waals surface area (Å²) in [5.74, 6) is 0.544. The number of thioether (sulfide) groups is 1. The van der Waals surface area contributed by atoms with E-state index in [2.05, 4.69) is 11.6 Å². The molecule has 0 radical (unpaired) electrons. The van der Waals surface area contributed by atoms with E-state index in [0.29, 0.717) is 17.9 Å². The summed E-state index contributed by atoms with van der Waals surface area (Å²) in [6.07, 6.45) is 5.37. The monoisotopic (exact) mass is 460 g/mol. The summed E-state index contributed by atoms with van der Waals surface area (Å²) in [6.45, 7) is 5.52. The summed E-state index contributed by atoms with van der Waals surface area (Å²) < 4.78 is 28.8. The quantitative estimate of drug-likeness (QED) is 0.586. The second-order valence-electron chi connectivity index (χ2n) is 8.38. The van der Waals surface area contributed by atoms with E-state index >= 15 is 0 Å². The molecule has 3 rings (SSSR count). The van der Waals surface area contributed by atoms with Crippen LogP contribution in [0.1, 0.15) is 49.0 Å². The standard InChI is InChI=1S/C24H32N2O3S2/c1-18-13-15-26(16-14-18)24(27)22-17-21(11-12-23(22)30-3)31(28,29)25-19(2)9-10-20-7-5-4-6-8-20/h4-8,11-12,17-19,25H,9-10,13-16H2,1-3H3/t19-/m0/s1. The second-order valence-corrected chi connectivity index (χ2v) is 10.9.